The fourth-order valence-corrected chi connectivity index (χ4v) is 2.23. The summed E-state index contributed by atoms with van der Waals surface area (Å²) in [4.78, 5) is 25.8. The summed E-state index contributed by atoms with van der Waals surface area (Å²) in [7, 11) is 1.56. The van der Waals surface area contributed by atoms with Gasteiger partial charge in [0.15, 0.2) is 11.5 Å². The predicted octanol–water partition coefficient (Wildman–Crippen LogP) is 3.09. The average molecular weight is 342 g/mol. The number of para-hydroxylation sites is 1. The third-order valence-electron chi connectivity index (χ3n) is 3.44. The van der Waals surface area contributed by atoms with Gasteiger partial charge in [-0.3, -0.25) is 9.59 Å². The lowest BCUT2D eigenvalue weighted by molar-refractivity contribution is -0.134. The number of carbonyl (C=O) groups excluding carboxylic acids is 2. The van der Waals surface area contributed by atoms with Crippen LogP contribution in [0.15, 0.2) is 48.5 Å². The third kappa shape index (κ3) is 4.73. The van der Waals surface area contributed by atoms with Gasteiger partial charge < -0.3 is 19.7 Å². The average Bonchev–Trinajstić information content (AvgIpc) is 2.63. The van der Waals surface area contributed by atoms with E-state index in [4.69, 9.17) is 9.47 Å². The van der Waals surface area contributed by atoms with E-state index in [2.05, 4.69) is 5.32 Å². The lowest BCUT2D eigenvalue weighted by Crippen LogP contribution is -2.37. The Kier molecular flexibility index (Phi) is 6.39. The summed E-state index contributed by atoms with van der Waals surface area (Å²) in [6, 6.07) is 14.0. The molecule has 2 aromatic rings. The molecular weight excluding hydrogens is 320 g/mol. The van der Waals surface area contributed by atoms with E-state index in [9.17, 15) is 9.59 Å². The lowest BCUT2D eigenvalue weighted by Gasteiger charge is -2.17. The predicted molar refractivity (Wildman–Crippen MR) is 97.3 cm³/mol. The van der Waals surface area contributed by atoms with Gasteiger partial charge in [0.1, 0.15) is 0 Å². The van der Waals surface area contributed by atoms with E-state index < -0.39 is 11.8 Å². The first-order chi connectivity index (χ1) is 12.1. The van der Waals surface area contributed by atoms with Crippen LogP contribution in [0.5, 0.6) is 11.5 Å². The molecule has 0 aliphatic rings. The molecule has 0 saturated heterocycles. The van der Waals surface area contributed by atoms with E-state index in [1.807, 2.05) is 19.9 Å². The summed E-state index contributed by atoms with van der Waals surface area (Å²) in [5, 5.41) is 2.59. The van der Waals surface area contributed by atoms with Crippen LogP contribution in [0.2, 0.25) is 0 Å². The summed E-state index contributed by atoms with van der Waals surface area (Å²) >= 11 is 0. The summed E-state index contributed by atoms with van der Waals surface area (Å²) in [5.74, 6) is -0.267. The molecule has 0 radical (unpaired) electrons. The number of likely N-dealkylation sites (N-methyl/N-ethyl adjacent to an activating group) is 1. The summed E-state index contributed by atoms with van der Waals surface area (Å²) in [6.07, 6.45) is 0. The number of benzene rings is 2. The highest BCUT2D eigenvalue weighted by Crippen LogP contribution is 2.30. The van der Waals surface area contributed by atoms with Gasteiger partial charge in [-0.15, -0.1) is 0 Å². The number of nitrogens with one attached hydrogen (secondary N) is 1. The first kappa shape index (κ1) is 18.3. The van der Waals surface area contributed by atoms with Crippen molar-refractivity contribution in [2.45, 2.75) is 13.8 Å². The maximum absolute atomic E-state index is 12.3. The first-order valence-electron chi connectivity index (χ1n) is 8.10. The van der Waals surface area contributed by atoms with Crippen LogP contribution in [0, 0.1) is 0 Å². The number of anilines is 2. The number of carbonyl (C=O) groups is 2. The molecule has 2 amide bonds. The van der Waals surface area contributed by atoms with E-state index in [-0.39, 0.29) is 0 Å². The van der Waals surface area contributed by atoms with Crippen LogP contribution < -0.4 is 19.7 Å². The van der Waals surface area contributed by atoms with Gasteiger partial charge in [-0.25, -0.2) is 0 Å². The number of ether oxygens (including phenoxy) is 2. The van der Waals surface area contributed by atoms with Gasteiger partial charge in [0, 0.05) is 24.5 Å². The Morgan fingerprint density at radius 1 is 0.960 bits per heavy atom. The minimum absolute atomic E-state index is 0.465. The van der Waals surface area contributed by atoms with Crippen molar-refractivity contribution < 1.29 is 19.1 Å². The Bertz CT molecular complexity index is 731. The zero-order valence-electron chi connectivity index (χ0n) is 14.6. The van der Waals surface area contributed by atoms with Gasteiger partial charge in [-0.1, -0.05) is 18.2 Å². The van der Waals surface area contributed by atoms with E-state index in [0.29, 0.717) is 36.1 Å². The van der Waals surface area contributed by atoms with Crippen molar-refractivity contribution in [2.24, 2.45) is 0 Å². The SMILES string of the molecule is CCOc1ccc(NC(=O)C(=O)N(C)c2ccccc2)cc1OCC. The van der Waals surface area contributed by atoms with Gasteiger partial charge in [-0.05, 0) is 38.1 Å². The number of amides is 2. The van der Waals surface area contributed by atoms with Crippen molar-refractivity contribution in [3.05, 3.63) is 48.5 Å². The summed E-state index contributed by atoms with van der Waals surface area (Å²) in [6.45, 7) is 4.71. The molecule has 0 unspecified atom stereocenters. The zero-order valence-corrected chi connectivity index (χ0v) is 14.6. The monoisotopic (exact) mass is 342 g/mol. The number of rotatable bonds is 6. The van der Waals surface area contributed by atoms with Crippen LogP contribution in [0.1, 0.15) is 13.8 Å². The van der Waals surface area contributed by atoms with Crippen molar-refractivity contribution in [1.82, 2.24) is 0 Å². The maximum Gasteiger partial charge on any atom is 0.316 e. The lowest BCUT2D eigenvalue weighted by atomic mass is 10.2. The Hall–Kier alpha value is -3.02. The van der Waals surface area contributed by atoms with Gasteiger partial charge in [0.05, 0.1) is 13.2 Å². The molecule has 6 nitrogen and oxygen atoms in total. The fourth-order valence-electron chi connectivity index (χ4n) is 2.23. The Morgan fingerprint density at radius 3 is 2.24 bits per heavy atom. The molecule has 132 valence electrons. The molecule has 0 fully saturated rings. The zero-order chi connectivity index (χ0) is 18.2. The second-order valence-electron chi connectivity index (χ2n) is 5.18. The molecule has 6 heteroatoms. The molecule has 2 rings (SSSR count). The molecule has 0 aromatic heterocycles. The van der Waals surface area contributed by atoms with Gasteiger partial charge in [-0.2, -0.15) is 0 Å². The maximum atomic E-state index is 12.3. The van der Waals surface area contributed by atoms with Crippen molar-refractivity contribution >= 4 is 23.2 Å². The normalized spacial score (nSPS) is 10.0. The largest absolute Gasteiger partial charge is 0.490 e. The van der Waals surface area contributed by atoms with Crippen molar-refractivity contribution in [2.75, 3.05) is 30.5 Å². The molecule has 0 aliphatic heterocycles. The first-order valence-corrected chi connectivity index (χ1v) is 8.10. The Morgan fingerprint density at radius 2 is 1.60 bits per heavy atom. The molecule has 0 heterocycles. The highest BCUT2D eigenvalue weighted by Gasteiger charge is 2.20. The topological polar surface area (TPSA) is 67.9 Å². The van der Waals surface area contributed by atoms with Crippen molar-refractivity contribution in [1.29, 1.82) is 0 Å². The van der Waals surface area contributed by atoms with Crippen LogP contribution in [0.3, 0.4) is 0 Å². The second-order valence-corrected chi connectivity index (χ2v) is 5.18. The molecule has 1 N–H and O–H groups in total. The van der Waals surface area contributed by atoms with Crippen LogP contribution in [0.25, 0.3) is 0 Å². The second kappa shape index (κ2) is 8.73. The quantitative estimate of drug-likeness (QED) is 0.819. The highest BCUT2D eigenvalue weighted by atomic mass is 16.5. The van der Waals surface area contributed by atoms with Crippen molar-refractivity contribution in [3.63, 3.8) is 0 Å². The van der Waals surface area contributed by atoms with E-state index in [1.54, 1.807) is 49.5 Å². The highest BCUT2D eigenvalue weighted by molar-refractivity contribution is 6.44. The van der Waals surface area contributed by atoms with Crippen LogP contribution in [-0.4, -0.2) is 32.1 Å². The molecule has 2 aromatic carbocycles. The molecule has 0 bridgehead atoms. The van der Waals surface area contributed by atoms with Crippen LogP contribution in [-0.2, 0) is 9.59 Å². The molecule has 0 spiro atoms. The number of hydrogen-bond acceptors (Lipinski definition) is 4. The number of hydrogen-bond donors (Lipinski definition) is 1. The minimum Gasteiger partial charge on any atom is -0.490 e. The third-order valence-corrected chi connectivity index (χ3v) is 3.44. The van der Waals surface area contributed by atoms with E-state index in [1.165, 1.54) is 4.90 Å². The Balaban J connectivity index is 2.11. The fraction of sp³-hybridized carbons (Fsp3) is 0.263. The molecule has 25 heavy (non-hydrogen) atoms. The van der Waals surface area contributed by atoms with Crippen molar-refractivity contribution in [3.8, 4) is 11.5 Å². The molecule has 0 aliphatic carbocycles. The number of nitrogens with zero attached hydrogens (tertiary/aromatic N) is 1. The van der Waals surface area contributed by atoms with Gasteiger partial charge in [0.2, 0.25) is 0 Å². The van der Waals surface area contributed by atoms with Gasteiger partial charge >= 0.3 is 11.8 Å². The molecular formula is C19H22N2O4. The standard InChI is InChI=1S/C19H22N2O4/c1-4-24-16-12-11-14(13-17(16)25-5-2)20-18(22)19(23)21(3)15-9-7-6-8-10-15/h6-13H,4-5H2,1-3H3,(H,20,22). The van der Waals surface area contributed by atoms with E-state index >= 15 is 0 Å². The minimum atomic E-state index is -0.724. The molecule has 0 saturated carbocycles. The Labute approximate surface area is 147 Å². The van der Waals surface area contributed by atoms with Crippen LogP contribution >= 0.6 is 0 Å². The smallest absolute Gasteiger partial charge is 0.316 e. The van der Waals surface area contributed by atoms with Crippen LogP contribution in [0.4, 0.5) is 11.4 Å². The molecule has 0 atom stereocenters. The summed E-state index contributed by atoms with van der Waals surface area (Å²) in [5.41, 5.74) is 1.11. The van der Waals surface area contributed by atoms with E-state index in [0.717, 1.165) is 0 Å². The van der Waals surface area contributed by atoms with Gasteiger partial charge in [0.25, 0.3) is 0 Å². The summed E-state index contributed by atoms with van der Waals surface area (Å²) < 4.78 is 11.0.